The van der Waals surface area contributed by atoms with E-state index in [9.17, 15) is 4.79 Å². The molecule has 0 radical (unpaired) electrons. The molecule has 1 aromatic carbocycles. The minimum absolute atomic E-state index is 0.144. The minimum Gasteiger partial charge on any atom is -0.335 e. The van der Waals surface area contributed by atoms with Crippen molar-refractivity contribution < 1.29 is 4.79 Å². The van der Waals surface area contributed by atoms with Gasteiger partial charge in [0.2, 0.25) is 0 Å². The van der Waals surface area contributed by atoms with Crippen LogP contribution in [0.15, 0.2) is 29.1 Å². The average Bonchev–Trinajstić information content (AvgIpc) is 3.45. The van der Waals surface area contributed by atoms with E-state index in [4.69, 9.17) is 4.98 Å². The first-order valence-electron chi connectivity index (χ1n) is 12.8. The number of piperazine rings is 1. The van der Waals surface area contributed by atoms with Crippen molar-refractivity contribution in [2.75, 3.05) is 39.3 Å². The highest BCUT2D eigenvalue weighted by Gasteiger charge is 2.36. The number of benzene rings is 1. The number of carbonyl (C=O) groups is 1. The van der Waals surface area contributed by atoms with Gasteiger partial charge in [0.15, 0.2) is 0 Å². The summed E-state index contributed by atoms with van der Waals surface area (Å²) in [5, 5.41) is 2.14. The normalized spacial score (nSPS) is 21.3. The second-order valence-electron chi connectivity index (χ2n) is 10.2. The van der Waals surface area contributed by atoms with Gasteiger partial charge in [0, 0.05) is 68.8 Å². The van der Waals surface area contributed by atoms with E-state index in [-0.39, 0.29) is 5.91 Å². The van der Waals surface area contributed by atoms with Gasteiger partial charge in [0.1, 0.15) is 5.82 Å². The molecular formula is C26H34N6OS. The van der Waals surface area contributed by atoms with E-state index in [1.165, 1.54) is 43.3 Å². The quantitative estimate of drug-likeness (QED) is 0.556. The Kier molecular flexibility index (Phi) is 6.13. The van der Waals surface area contributed by atoms with Crippen LogP contribution in [0.1, 0.15) is 60.0 Å². The molecule has 1 aliphatic carbocycles. The van der Waals surface area contributed by atoms with Crippen LogP contribution in [0.4, 0.5) is 0 Å². The first-order chi connectivity index (χ1) is 16.7. The maximum atomic E-state index is 13.2. The summed E-state index contributed by atoms with van der Waals surface area (Å²) in [6, 6.07) is 7.18. The number of likely N-dealkylation sites (tertiary alicyclic amines) is 1. The Morgan fingerprint density at radius 2 is 1.85 bits per heavy atom. The second-order valence-corrected chi connectivity index (χ2v) is 10.9. The molecule has 4 heterocycles. The molecule has 0 bridgehead atoms. The van der Waals surface area contributed by atoms with Crippen molar-refractivity contribution >= 4 is 28.3 Å². The summed E-state index contributed by atoms with van der Waals surface area (Å²) in [7, 11) is 0. The largest absolute Gasteiger partial charge is 0.335 e. The van der Waals surface area contributed by atoms with Crippen molar-refractivity contribution in [1.82, 2.24) is 29.2 Å². The van der Waals surface area contributed by atoms with Gasteiger partial charge >= 0.3 is 0 Å². The number of nitrogens with zero attached hydrogens (tertiary/aromatic N) is 6. The maximum Gasteiger partial charge on any atom is 0.254 e. The predicted octanol–water partition coefficient (Wildman–Crippen LogP) is 3.95. The molecule has 0 N–H and O–H groups in total. The van der Waals surface area contributed by atoms with Gasteiger partial charge in [0.25, 0.3) is 5.91 Å². The molecule has 1 saturated carbocycles. The topological polar surface area (TPSA) is 57.5 Å². The standard InChI is InChI=1S/C26H34N6OS/c1-19-28-24-13-20(7-8-25(24)32(19)22-5-3-2-4-6-22)26(33)31-15-23(16-31)30-11-9-29(10-12-30)14-21-17-34-18-27-21/h7-8,13,17-18,22-23H,2-6,9-12,14-16H2,1H3. The fourth-order valence-electron chi connectivity index (χ4n) is 6.02. The molecule has 3 fully saturated rings. The Labute approximate surface area is 205 Å². The van der Waals surface area contributed by atoms with Crippen LogP contribution in [0.2, 0.25) is 0 Å². The molecule has 34 heavy (non-hydrogen) atoms. The van der Waals surface area contributed by atoms with E-state index < -0.39 is 0 Å². The van der Waals surface area contributed by atoms with Crippen LogP contribution in [-0.2, 0) is 6.54 Å². The van der Waals surface area contributed by atoms with Crippen LogP contribution in [0.3, 0.4) is 0 Å². The molecule has 0 unspecified atom stereocenters. The predicted molar refractivity (Wildman–Crippen MR) is 135 cm³/mol. The molecule has 8 heteroatoms. The van der Waals surface area contributed by atoms with Crippen LogP contribution < -0.4 is 0 Å². The van der Waals surface area contributed by atoms with E-state index in [1.807, 2.05) is 22.5 Å². The molecule has 0 atom stereocenters. The highest BCUT2D eigenvalue weighted by atomic mass is 32.1. The zero-order valence-corrected chi connectivity index (χ0v) is 20.8. The van der Waals surface area contributed by atoms with Gasteiger partial charge in [-0.1, -0.05) is 19.3 Å². The number of aromatic nitrogens is 3. The number of thiazole rings is 1. The lowest BCUT2D eigenvalue weighted by molar-refractivity contribution is 0.00635. The Bertz CT molecular complexity index is 1140. The van der Waals surface area contributed by atoms with Gasteiger partial charge in [0.05, 0.1) is 22.2 Å². The third-order valence-corrected chi connectivity index (χ3v) is 8.63. The third-order valence-electron chi connectivity index (χ3n) is 7.99. The molecular weight excluding hydrogens is 444 g/mol. The second kappa shape index (κ2) is 9.40. The van der Waals surface area contributed by atoms with Crippen molar-refractivity contribution in [2.24, 2.45) is 0 Å². The molecule has 180 valence electrons. The van der Waals surface area contributed by atoms with Gasteiger partial charge in [-0.3, -0.25) is 14.6 Å². The molecule has 7 nitrogen and oxygen atoms in total. The molecule has 2 saturated heterocycles. The average molecular weight is 479 g/mol. The molecule has 0 spiro atoms. The lowest BCUT2D eigenvalue weighted by Crippen LogP contribution is -2.64. The Hall–Kier alpha value is -2.29. The first kappa shape index (κ1) is 22.2. The zero-order valence-electron chi connectivity index (χ0n) is 20.0. The molecule has 3 aliphatic rings. The lowest BCUT2D eigenvalue weighted by atomic mass is 9.95. The zero-order chi connectivity index (χ0) is 23.1. The van der Waals surface area contributed by atoms with Gasteiger partial charge in [-0.2, -0.15) is 0 Å². The number of hydrogen-bond acceptors (Lipinski definition) is 6. The number of imidazole rings is 1. The Balaban J connectivity index is 1.05. The summed E-state index contributed by atoms with van der Waals surface area (Å²) in [6.07, 6.45) is 6.43. The first-order valence-corrected chi connectivity index (χ1v) is 13.7. The fourth-order valence-corrected chi connectivity index (χ4v) is 6.57. The number of rotatable bonds is 5. The van der Waals surface area contributed by atoms with Crippen molar-refractivity contribution in [3.05, 3.63) is 46.2 Å². The number of carbonyl (C=O) groups excluding carboxylic acids is 1. The summed E-state index contributed by atoms with van der Waals surface area (Å²) < 4.78 is 2.41. The highest BCUT2D eigenvalue weighted by Crippen LogP contribution is 2.33. The number of fused-ring (bicyclic) bond motifs is 1. The number of aryl methyl sites for hydroxylation is 1. The van der Waals surface area contributed by atoms with Crippen LogP contribution in [0.25, 0.3) is 11.0 Å². The van der Waals surface area contributed by atoms with Gasteiger partial charge < -0.3 is 9.47 Å². The molecule has 3 aromatic rings. The molecule has 6 rings (SSSR count). The van der Waals surface area contributed by atoms with Crippen LogP contribution in [0, 0.1) is 6.92 Å². The van der Waals surface area contributed by atoms with Crippen molar-refractivity contribution in [3.63, 3.8) is 0 Å². The van der Waals surface area contributed by atoms with Crippen molar-refractivity contribution in [3.8, 4) is 0 Å². The van der Waals surface area contributed by atoms with Gasteiger partial charge in [-0.25, -0.2) is 9.97 Å². The molecule has 2 aliphatic heterocycles. The van der Waals surface area contributed by atoms with E-state index in [2.05, 4.69) is 37.7 Å². The summed E-state index contributed by atoms with van der Waals surface area (Å²) in [5.74, 6) is 1.22. The monoisotopic (exact) mass is 478 g/mol. The summed E-state index contributed by atoms with van der Waals surface area (Å²) in [4.78, 5) is 29.5. The van der Waals surface area contributed by atoms with Gasteiger partial charge in [-0.15, -0.1) is 11.3 Å². The van der Waals surface area contributed by atoms with Crippen LogP contribution >= 0.6 is 11.3 Å². The highest BCUT2D eigenvalue weighted by molar-refractivity contribution is 7.07. The maximum absolute atomic E-state index is 13.2. The van der Waals surface area contributed by atoms with Gasteiger partial charge in [-0.05, 0) is 38.0 Å². The SMILES string of the molecule is Cc1nc2cc(C(=O)N3CC(N4CCN(Cc5cscn5)CC4)C3)ccc2n1C1CCCCC1. The van der Waals surface area contributed by atoms with E-state index in [1.54, 1.807) is 11.3 Å². The van der Waals surface area contributed by atoms with Crippen molar-refractivity contribution in [1.29, 1.82) is 0 Å². The van der Waals surface area contributed by atoms with E-state index in [0.717, 1.165) is 62.7 Å². The Morgan fingerprint density at radius 3 is 2.59 bits per heavy atom. The number of hydrogen-bond donors (Lipinski definition) is 0. The minimum atomic E-state index is 0.144. The Morgan fingerprint density at radius 1 is 1.06 bits per heavy atom. The number of amides is 1. The third kappa shape index (κ3) is 4.27. The van der Waals surface area contributed by atoms with Crippen LogP contribution in [-0.4, -0.2) is 80.5 Å². The van der Waals surface area contributed by atoms with Crippen LogP contribution in [0.5, 0.6) is 0 Å². The lowest BCUT2D eigenvalue weighted by Gasteiger charge is -2.48. The smallest absolute Gasteiger partial charge is 0.254 e. The van der Waals surface area contributed by atoms with E-state index in [0.29, 0.717) is 12.1 Å². The molecule has 1 amide bonds. The van der Waals surface area contributed by atoms with E-state index >= 15 is 0 Å². The summed E-state index contributed by atoms with van der Waals surface area (Å²) in [6.45, 7) is 9.00. The molecule has 2 aromatic heterocycles. The van der Waals surface area contributed by atoms with Crippen molar-refractivity contribution in [2.45, 2.75) is 57.7 Å². The fraction of sp³-hybridized carbons (Fsp3) is 0.577. The summed E-state index contributed by atoms with van der Waals surface area (Å²) in [5.41, 5.74) is 5.99. The summed E-state index contributed by atoms with van der Waals surface area (Å²) >= 11 is 1.67.